The van der Waals surface area contributed by atoms with Crippen molar-refractivity contribution in [2.45, 2.75) is 0 Å². The van der Waals surface area contributed by atoms with E-state index in [-0.39, 0.29) is 23.3 Å². The molecule has 3 aromatic rings. The third-order valence-corrected chi connectivity index (χ3v) is 5.84. The summed E-state index contributed by atoms with van der Waals surface area (Å²) in [6.45, 7) is 5.10. The Bertz CT molecular complexity index is 1290. The Morgan fingerprint density at radius 2 is 1.71 bits per heavy atom. The van der Waals surface area contributed by atoms with E-state index >= 15 is 0 Å². The fraction of sp³-hybridized carbons (Fsp3) is 0.286. The smallest absolute Gasteiger partial charge is 0.247 e. The molecule has 10 nitrogen and oxygen atoms in total. The Morgan fingerprint density at radius 1 is 1.00 bits per heavy atom. The lowest BCUT2D eigenvalue weighted by molar-refractivity contribution is -0.111. The van der Waals surface area contributed by atoms with Crippen LogP contribution in [0.4, 0.5) is 28.7 Å². The fourth-order valence-electron chi connectivity index (χ4n) is 3.63. The van der Waals surface area contributed by atoms with E-state index < -0.39 is 0 Å². The minimum Gasteiger partial charge on any atom is -0.494 e. The van der Waals surface area contributed by atoms with Crippen LogP contribution in [0.5, 0.6) is 5.75 Å². The molecule has 0 aliphatic heterocycles. The molecule has 1 aromatic heterocycles. The highest BCUT2D eigenvalue weighted by Crippen LogP contribution is 2.37. The summed E-state index contributed by atoms with van der Waals surface area (Å²) in [5.41, 5.74) is 3.63. The van der Waals surface area contributed by atoms with Crippen LogP contribution in [0, 0.1) is 0 Å². The van der Waals surface area contributed by atoms with Crippen molar-refractivity contribution >= 4 is 40.4 Å². The highest BCUT2D eigenvalue weighted by atomic mass is 16.5. The van der Waals surface area contributed by atoms with E-state index in [9.17, 15) is 9.59 Å². The Hall–Kier alpha value is -4.44. The molecule has 0 aliphatic carbocycles. The number of rotatable bonds is 12. The van der Waals surface area contributed by atoms with Gasteiger partial charge in [0.15, 0.2) is 0 Å². The molecule has 0 unspecified atom stereocenters. The van der Waals surface area contributed by atoms with Gasteiger partial charge in [-0.05, 0) is 56.6 Å². The number of ketones is 1. The Kier molecular flexibility index (Phi) is 9.39. The van der Waals surface area contributed by atoms with Gasteiger partial charge in [0, 0.05) is 57.7 Å². The van der Waals surface area contributed by atoms with Crippen molar-refractivity contribution < 1.29 is 14.3 Å². The predicted octanol–water partition coefficient (Wildman–Crippen LogP) is 3.65. The lowest BCUT2D eigenvalue weighted by Gasteiger charge is -2.26. The van der Waals surface area contributed by atoms with Gasteiger partial charge in [0.2, 0.25) is 17.6 Å². The van der Waals surface area contributed by atoms with Crippen LogP contribution in [0.3, 0.4) is 0 Å². The van der Waals surface area contributed by atoms with Crippen molar-refractivity contribution in [1.82, 2.24) is 14.9 Å². The summed E-state index contributed by atoms with van der Waals surface area (Å²) < 4.78 is 5.64. The summed E-state index contributed by atoms with van der Waals surface area (Å²) in [4.78, 5) is 40.0. The number of amides is 1. The van der Waals surface area contributed by atoms with Crippen molar-refractivity contribution in [3.63, 3.8) is 0 Å². The second-order valence-corrected chi connectivity index (χ2v) is 9.15. The van der Waals surface area contributed by atoms with Gasteiger partial charge < -0.3 is 30.1 Å². The number of hydrogen-bond donors (Lipinski definition) is 2. The number of nitrogens with one attached hydrogen (secondary N) is 2. The molecule has 2 aromatic carbocycles. The normalized spacial score (nSPS) is 10.6. The van der Waals surface area contributed by atoms with E-state index in [4.69, 9.17) is 4.74 Å². The minimum absolute atomic E-state index is 0.216. The zero-order valence-electron chi connectivity index (χ0n) is 22.8. The second kappa shape index (κ2) is 12.7. The van der Waals surface area contributed by atoms with Crippen molar-refractivity contribution in [2.24, 2.45) is 0 Å². The molecule has 0 fully saturated rings. The topological polar surface area (TPSA) is 103 Å². The first-order valence-electron chi connectivity index (χ1n) is 12.1. The number of aromatic nitrogens is 2. The number of benzene rings is 2. The Balaban J connectivity index is 1.93. The lowest BCUT2D eigenvalue weighted by atomic mass is 10.1. The minimum atomic E-state index is -0.340. The maximum atomic E-state index is 13.1. The Morgan fingerprint density at radius 3 is 2.32 bits per heavy atom. The highest BCUT2D eigenvalue weighted by Gasteiger charge is 2.17. The van der Waals surface area contributed by atoms with E-state index in [1.807, 2.05) is 63.2 Å². The number of nitrogens with zero attached hydrogens (tertiary/aromatic N) is 5. The van der Waals surface area contributed by atoms with Gasteiger partial charge in [-0.2, -0.15) is 0 Å². The summed E-state index contributed by atoms with van der Waals surface area (Å²) in [6, 6.07) is 12.5. The summed E-state index contributed by atoms with van der Waals surface area (Å²) in [7, 11) is 11.4. The monoisotopic (exact) mass is 517 g/mol. The SMILES string of the molecule is C=CC(=O)Nc1cc(Nc2nccc(C(=O)c3ccc(N(C)C)cc3)n2)c(OC)cc1N(C)CCN(C)C. The zero-order valence-corrected chi connectivity index (χ0v) is 22.8. The molecule has 1 heterocycles. The van der Waals surface area contributed by atoms with Crippen LogP contribution in [0.2, 0.25) is 0 Å². The van der Waals surface area contributed by atoms with E-state index in [0.717, 1.165) is 24.5 Å². The number of ether oxygens (including phenoxy) is 1. The van der Waals surface area contributed by atoms with E-state index in [1.165, 1.54) is 12.3 Å². The van der Waals surface area contributed by atoms with Crippen molar-refractivity contribution in [3.05, 3.63) is 72.6 Å². The molecule has 0 atom stereocenters. The summed E-state index contributed by atoms with van der Waals surface area (Å²) in [6.07, 6.45) is 2.73. The van der Waals surface area contributed by atoms with Crippen LogP contribution in [0.25, 0.3) is 0 Å². The number of carbonyl (C=O) groups excluding carboxylic acids is 2. The molecular formula is C28H35N7O3. The molecule has 0 radical (unpaired) electrons. The van der Waals surface area contributed by atoms with Crippen LogP contribution in [-0.2, 0) is 4.79 Å². The lowest BCUT2D eigenvalue weighted by Crippen LogP contribution is -2.29. The van der Waals surface area contributed by atoms with Gasteiger partial charge >= 0.3 is 0 Å². The molecule has 200 valence electrons. The average Bonchev–Trinajstić information content (AvgIpc) is 2.91. The number of hydrogen-bond acceptors (Lipinski definition) is 9. The fourth-order valence-corrected chi connectivity index (χ4v) is 3.63. The molecule has 2 N–H and O–H groups in total. The second-order valence-electron chi connectivity index (χ2n) is 9.15. The third-order valence-electron chi connectivity index (χ3n) is 5.84. The maximum Gasteiger partial charge on any atom is 0.247 e. The predicted molar refractivity (Wildman–Crippen MR) is 153 cm³/mol. The maximum absolute atomic E-state index is 13.1. The molecule has 0 saturated carbocycles. The number of carbonyl (C=O) groups is 2. The van der Waals surface area contributed by atoms with Gasteiger partial charge in [0.05, 0.1) is 24.2 Å². The number of methoxy groups -OCH3 is 1. The van der Waals surface area contributed by atoms with E-state index in [1.54, 1.807) is 31.4 Å². The van der Waals surface area contributed by atoms with E-state index in [2.05, 4.69) is 32.1 Å². The summed E-state index contributed by atoms with van der Waals surface area (Å²) in [5.74, 6) is 0.179. The molecule has 0 aliphatic rings. The Labute approximate surface area is 223 Å². The van der Waals surface area contributed by atoms with Crippen LogP contribution in [-0.4, -0.2) is 82.0 Å². The standard InChI is InChI=1S/C28H35N7O3/c1-8-26(36)30-22-17-23(25(38-7)18-24(22)35(6)16-15-33(2)3)32-28-29-14-13-21(31-28)27(37)19-9-11-20(12-10-19)34(4)5/h8-14,17-18H,1,15-16H2,2-7H3,(H,30,36)(H,29,31,32). The molecule has 3 rings (SSSR count). The van der Waals surface area contributed by atoms with Crippen molar-refractivity contribution in [1.29, 1.82) is 0 Å². The van der Waals surface area contributed by atoms with Crippen LogP contribution in [0.1, 0.15) is 16.1 Å². The third kappa shape index (κ3) is 7.07. The van der Waals surface area contributed by atoms with Gasteiger partial charge in [-0.1, -0.05) is 6.58 Å². The van der Waals surface area contributed by atoms with Crippen molar-refractivity contribution in [3.8, 4) is 5.75 Å². The van der Waals surface area contributed by atoms with Gasteiger partial charge in [-0.25, -0.2) is 9.97 Å². The first-order chi connectivity index (χ1) is 18.1. The summed E-state index contributed by atoms with van der Waals surface area (Å²) in [5, 5.41) is 6.00. The van der Waals surface area contributed by atoms with Gasteiger partial charge in [-0.3, -0.25) is 9.59 Å². The first kappa shape index (κ1) is 28.1. The molecule has 0 bridgehead atoms. The van der Waals surface area contributed by atoms with Gasteiger partial charge in [-0.15, -0.1) is 0 Å². The molecule has 1 amide bonds. The number of anilines is 5. The van der Waals surface area contributed by atoms with E-state index in [0.29, 0.717) is 22.7 Å². The molecule has 10 heteroatoms. The molecule has 38 heavy (non-hydrogen) atoms. The van der Waals surface area contributed by atoms with Crippen LogP contribution >= 0.6 is 0 Å². The molecule has 0 saturated heterocycles. The van der Waals surface area contributed by atoms with Gasteiger partial charge in [0.1, 0.15) is 11.4 Å². The molecule has 0 spiro atoms. The molecular weight excluding hydrogens is 482 g/mol. The average molecular weight is 518 g/mol. The van der Waals surface area contributed by atoms with Crippen LogP contribution < -0.4 is 25.2 Å². The highest BCUT2D eigenvalue weighted by molar-refractivity contribution is 6.08. The zero-order chi connectivity index (χ0) is 27.8. The summed E-state index contributed by atoms with van der Waals surface area (Å²) >= 11 is 0. The number of likely N-dealkylation sites (N-methyl/N-ethyl adjacent to an activating group) is 2. The van der Waals surface area contributed by atoms with Gasteiger partial charge in [0.25, 0.3) is 0 Å². The first-order valence-corrected chi connectivity index (χ1v) is 12.1. The van der Waals surface area contributed by atoms with Crippen LogP contribution in [0.15, 0.2) is 61.3 Å². The van der Waals surface area contributed by atoms with Crippen molar-refractivity contribution in [2.75, 3.05) is 75.9 Å². The largest absolute Gasteiger partial charge is 0.494 e. The quantitative estimate of drug-likeness (QED) is 0.275.